The van der Waals surface area contributed by atoms with E-state index in [0.717, 1.165) is 0 Å². The highest BCUT2D eigenvalue weighted by atomic mass is 19.1. The van der Waals surface area contributed by atoms with Gasteiger partial charge >= 0.3 is 0 Å². The third-order valence-corrected chi connectivity index (χ3v) is 2.53. The Morgan fingerprint density at radius 3 is 2.78 bits per heavy atom. The van der Waals surface area contributed by atoms with E-state index in [2.05, 4.69) is 16.2 Å². The van der Waals surface area contributed by atoms with Gasteiger partial charge in [0.2, 0.25) is 11.7 Å². The van der Waals surface area contributed by atoms with Crippen LogP contribution in [0.5, 0.6) is 0 Å². The number of hydrogen-bond acceptors (Lipinski definition) is 4. The number of rotatable bonds is 4. The summed E-state index contributed by atoms with van der Waals surface area (Å²) in [6.07, 6.45) is 1.02. The maximum absolute atomic E-state index is 12.8. The van der Waals surface area contributed by atoms with Crippen LogP contribution in [0.25, 0.3) is 11.4 Å². The summed E-state index contributed by atoms with van der Waals surface area (Å²) in [5.74, 6) is 0.813. The van der Waals surface area contributed by atoms with Gasteiger partial charge in [0.05, 0.1) is 6.07 Å². The largest absolute Gasteiger partial charge is 0.339 e. The molecule has 92 valence electrons. The smallest absolute Gasteiger partial charge is 0.227 e. The summed E-state index contributed by atoms with van der Waals surface area (Å²) in [5, 5.41) is 12.4. The van der Waals surface area contributed by atoms with Crippen molar-refractivity contribution in [2.24, 2.45) is 5.92 Å². The van der Waals surface area contributed by atoms with Crippen molar-refractivity contribution in [1.29, 1.82) is 5.26 Å². The summed E-state index contributed by atoms with van der Waals surface area (Å²) in [7, 11) is 0. The molecule has 0 bridgehead atoms. The van der Waals surface area contributed by atoms with Gasteiger partial charge in [0.1, 0.15) is 5.82 Å². The van der Waals surface area contributed by atoms with Crippen LogP contribution in [0.3, 0.4) is 0 Å². The van der Waals surface area contributed by atoms with Gasteiger partial charge in [0, 0.05) is 18.4 Å². The molecule has 0 spiro atoms. The number of nitrogens with zero attached hydrogens (tertiary/aromatic N) is 3. The van der Waals surface area contributed by atoms with Crippen molar-refractivity contribution in [3.05, 3.63) is 36.0 Å². The summed E-state index contributed by atoms with van der Waals surface area (Å²) in [5.41, 5.74) is 0.708. The van der Waals surface area contributed by atoms with E-state index in [1.807, 2.05) is 6.92 Å². The zero-order valence-electron chi connectivity index (χ0n) is 9.93. The van der Waals surface area contributed by atoms with E-state index < -0.39 is 0 Å². The lowest BCUT2D eigenvalue weighted by molar-refractivity contribution is 0.359. The molecular weight excluding hydrogens is 233 g/mol. The third-order valence-electron chi connectivity index (χ3n) is 2.53. The standard InChI is InChI=1S/C13H12FN3O/c1-9(6-7-15)8-12-16-13(17-18-12)10-2-4-11(14)5-3-10/h2-5,9H,6,8H2,1H3. The molecule has 1 atom stereocenters. The first-order chi connectivity index (χ1) is 8.69. The number of aromatic nitrogens is 2. The van der Waals surface area contributed by atoms with Gasteiger partial charge in [-0.1, -0.05) is 12.1 Å². The Morgan fingerprint density at radius 2 is 2.11 bits per heavy atom. The summed E-state index contributed by atoms with van der Waals surface area (Å²) in [4.78, 5) is 4.22. The van der Waals surface area contributed by atoms with Gasteiger partial charge < -0.3 is 4.52 Å². The third kappa shape index (κ3) is 2.92. The number of halogens is 1. The van der Waals surface area contributed by atoms with Crippen molar-refractivity contribution in [3.8, 4) is 17.5 Å². The fourth-order valence-electron chi connectivity index (χ4n) is 1.58. The minimum atomic E-state index is -0.301. The summed E-state index contributed by atoms with van der Waals surface area (Å²) in [6.45, 7) is 1.95. The Balaban J connectivity index is 2.11. The van der Waals surface area contributed by atoms with Gasteiger partial charge in [-0.2, -0.15) is 10.2 Å². The predicted octanol–water partition coefficient (Wildman–Crippen LogP) is 2.97. The quantitative estimate of drug-likeness (QED) is 0.830. The van der Waals surface area contributed by atoms with Crippen molar-refractivity contribution < 1.29 is 8.91 Å². The average Bonchev–Trinajstić information content (AvgIpc) is 2.78. The Hall–Kier alpha value is -2.22. The fourth-order valence-corrected chi connectivity index (χ4v) is 1.58. The number of hydrogen-bond donors (Lipinski definition) is 0. The molecule has 0 N–H and O–H groups in total. The van der Waals surface area contributed by atoms with Crippen LogP contribution in [0.1, 0.15) is 19.2 Å². The Kier molecular flexibility index (Phi) is 3.68. The molecule has 1 aromatic carbocycles. The molecule has 0 aliphatic carbocycles. The predicted molar refractivity (Wildman–Crippen MR) is 62.8 cm³/mol. The van der Waals surface area contributed by atoms with Gasteiger partial charge in [-0.15, -0.1) is 0 Å². The molecule has 0 aliphatic rings. The van der Waals surface area contributed by atoms with Gasteiger partial charge in [0.15, 0.2) is 0 Å². The molecule has 18 heavy (non-hydrogen) atoms. The normalized spacial score (nSPS) is 12.1. The Bertz CT molecular complexity index is 556. The average molecular weight is 245 g/mol. The zero-order chi connectivity index (χ0) is 13.0. The number of nitriles is 1. The van der Waals surface area contributed by atoms with Crippen molar-refractivity contribution in [2.75, 3.05) is 0 Å². The summed E-state index contributed by atoms with van der Waals surface area (Å²) < 4.78 is 17.9. The molecule has 1 heterocycles. The minimum Gasteiger partial charge on any atom is -0.339 e. The molecular formula is C13H12FN3O. The first-order valence-electron chi connectivity index (χ1n) is 5.64. The van der Waals surface area contributed by atoms with E-state index in [1.165, 1.54) is 12.1 Å². The van der Waals surface area contributed by atoms with Gasteiger partial charge in [-0.25, -0.2) is 4.39 Å². The second-order valence-electron chi connectivity index (χ2n) is 4.19. The van der Waals surface area contributed by atoms with E-state index in [4.69, 9.17) is 9.78 Å². The van der Waals surface area contributed by atoms with Crippen molar-refractivity contribution >= 4 is 0 Å². The van der Waals surface area contributed by atoms with E-state index >= 15 is 0 Å². The van der Waals surface area contributed by atoms with Gasteiger partial charge in [-0.05, 0) is 30.2 Å². The molecule has 4 nitrogen and oxygen atoms in total. The molecule has 1 aromatic heterocycles. The molecule has 0 amide bonds. The van der Waals surface area contributed by atoms with E-state index in [-0.39, 0.29) is 11.7 Å². The van der Waals surface area contributed by atoms with Crippen molar-refractivity contribution in [1.82, 2.24) is 10.1 Å². The monoisotopic (exact) mass is 245 g/mol. The highest BCUT2D eigenvalue weighted by Gasteiger charge is 2.11. The highest BCUT2D eigenvalue weighted by molar-refractivity contribution is 5.53. The Morgan fingerprint density at radius 1 is 1.39 bits per heavy atom. The van der Waals surface area contributed by atoms with E-state index in [9.17, 15) is 4.39 Å². The summed E-state index contributed by atoms with van der Waals surface area (Å²) >= 11 is 0. The molecule has 0 saturated heterocycles. The maximum Gasteiger partial charge on any atom is 0.227 e. The first kappa shape index (κ1) is 12.2. The maximum atomic E-state index is 12.8. The highest BCUT2D eigenvalue weighted by Crippen LogP contribution is 2.17. The zero-order valence-corrected chi connectivity index (χ0v) is 9.93. The molecule has 0 saturated carbocycles. The van der Waals surface area contributed by atoms with Gasteiger partial charge in [0.25, 0.3) is 0 Å². The van der Waals surface area contributed by atoms with E-state index in [0.29, 0.717) is 30.1 Å². The molecule has 1 unspecified atom stereocenters. The lowest BCUT2D eigenvalue weighted by Gasteiger charge is -2.00. The SMILES string of the molecule is CC(CC#N)Cc1nc(-c2ccc(F)cc2)no1. The lowest BCUT2D eigenvalue weighted by Crippen LogP contribution is -1.98. The van der Waals surface area contributed by atoms with Crippen LogP contribution in [0.2, 0.25) is 0 Å². The molecule has 0 radical (unpaired) electrons. The molecule has 0 aliphatic heterocycles. The second-order valence-corrected chi connectivity index (χ2v) is 4.19. The molecule has 5 heteroatoms. The number of benzene rings is 1. The van der Waals surface area contributed by atoms with Gasteiger partial charge in [-0.3, -0.25) is 0 Å². The van der Waals surface area contributed by atoms with Crippen LogP contribution < -0.4 is 0 Å². The topological polar surface area (TPSA) is 62.7 Å². The Labute approximate surface area is 104 Å². The van der Waals surface area contributed by atoms with Crippen LogP contribution in [0, 0.1) is 23.1 Å². The summed E-state index contributed by atoms with van der Waals surface area (Å²) in [6, 6.07) is 8.00. The van der Waals surface area contributed by atoms with Crippen molar-refractivity contribution in [2.45, 2.75) is 19.8 Å². The van der Waals surface area contributed by atoms with Crippen LogP contribution in [-0.4, -0.2) is 10.1 Å². The van der Waals surface area contributed by atoms with Crippen LogP contribution >= 0.6 is 0 Å². The van der Waals surface area contributed by atoms with E-state index in [1.54, 1.807) is 12.1 Å². The fraction of sp³-hybridized carbons (Fsp3) is 0.308. The molecule has 2 aromatic rings. The minimum absolute atomic E-state index is 0.177. The lowest BCUT2D eigenvalue weighted by atomic mass is 10.1. The van der Waals surface area contributed by atoms with Crippen LogP contribution in [-0.2, 0) is 6.42 Å². The van der Waals surface area contributed by atoms with Crippen LogP contribution in [0.15, 0.2) is 28.8 Å². The first-order valence-corrected chi connectivity index (χ1v) is 5.64. The second kappa shape index (κ2) is 5.41. The van der Waals surface area contributed by atoms with Crippen LogP contribution in [0.4, 0.5) is 4.39 Å². The van der Waals surface area contributed by atoms with Crippen molar-refractivity contribution in [3.63, 3.8) is 0 Å². The molecule has 0 fully saturated rings. The molecule has 2 rings (SSSR count).